The van der Waals surface area contributed by atoms with Crippen LogP contribution in [0.5, 0.6) is 0 Å². The summed E-state index contributed by atoms with van der Waals surface area (Å²) in [6.07, 6.45) is 3.35. The monoisotopic (exact) mass is 314 g/mol. The second-order valence-electron chi connectivity index (χ2n) is 6.20. The topological polar surface area (TPSA) is 62.2 Å². The second-order valence-corrected chi connectivity index (χ2v) is 7.15. The van der Waals surface area contributed by atoms with Gasteiger partial charge in [0.05, 0.1) is 18.2 Å². The molecule has 5 heteroatoms. The maximum Gasteiger partial charge on any atom is 0.307 e. The Balaban J connectivity index is 1.34. The number of thiazole rings is 1. The molecule has 114 valence electrons. The lowest BCUT2D eigenvalue weighted by Gasteiger charge is -2.05. The van der Waals surface area contributed by atoms with Crippen molar-refractivity contribution < 1.29 is 9.90 Å². The van der Waals surface area contributed by atoms with Gasteiger partial charge in [-0.2, -0.15) is 0 Å². The number of aliphatic carboxylic acids is 1. The summed E-state index contributed by atoms with van der Waals surface area (Å²) in [5, 5.41) is 15.7. The first-order valence-electron chi connectivity index (χ1n) is 7.71. The zero-order valence-corrected chi connectivity index (χ0v) is 13.0. The summed E-state index contributed by atoms with van der Waals surface area (Å²) < 4.78 is 0. The van der Waals surface area contributed by atoms with Crippen LogP contribution in [0.2, 0.25) is 0 Å². The normalized spacial score (nSPS) is 23.3. The van der Waals surface area contributed by atoms with Gasteiger partial charge >= 0.3 is 5.97 Å². The summed E-state index contributed by atoms with van der Waals surface area (Å²) in [5.41, 5.74) is 3.44. The van der Waals surface area contributed by atoms with E-state index in [2.05, 4.69) is 15.7 Å². The Labute approximate surface area is 133 Å². The van der Waals surface area contributed by atoms with Crippen molar-refractivity contribution in [1.29, 1.82) is 0 Å². The fourth-order valence-corrected chi connectivity index (χ4v) is 3.65. The van der Waals surface area contributed by atoms with Crippen molar-refractivity contribution in [3.63, 3.8) is 0 Å². The van der Waals surface area contributed by atoms with E-state index in [1.807, 2.05) is 24.3 Å². The lowest BCUT2D eigenvalue weighted by Crippen LogP contribution is -2.00. The molecule has 0 unspecified atom stereocenters. The molecule has 2 aromatic rings. The summed E-state index contributed by atoms with van der Waals surface area (Å²) in [6, 6.07) is 8.13. The molecule has 2 aliphatic carbocycles. The summed E-state index contributed by atoms with van der Waals surface area (Å²) in [6.45, 7) is 0.748. The number of hydrogen-bond donors (Lipinski definition) is 2. The molecule has 0 radical (unpaired) electrons. The minimum absolute atomic E-state index is 0.185. The molecule has 0 saturated heterocycles. The third kappa shape index (κ3) is 2.86. The van der Waals surface area contributed by atoms with Gasteiger partial charge in [-0.1, -0.05) is 12.1 Å². The molecule has 22 heavy (non-hydrogen) atoms. The maximum absolute atomic E-state index is 10.9. The minimum Gasteiger partial charge on any atom is -0.481 e. The quantitative estimate of drug-likeness (QED) is 0.851. The van der Waals surface area contributed by atoms with Crippen LogP contribution in [-0.4, -0.2) is 16.1 Å². The van der Waals surface area contributed by atoms with E-state index in [1.54, 1.807) is 11.3 Å². The van der Waals surface area contributed by atoms with Crippen molar-refractivity contribution in [2.24, 2.45) is 5.92 Å². The van der Waals surface area contributed by atoms with Gasteiger partial charge < -0.3 is 10.4 Å². The van der Waals surface area contributed by atoms with Crippen LogP contribution in [0.15, 0.2) is 29.6 Å². The Hall–Kier alpha value is -1.88. The number of carboxylic acids is 1. The average molecular weight is 314 g/mol. The average Bonchev–Trinajstić information content (AvgIpc) is 3.44. The Kier molecular flexibility index (Phi) is 3.37. The van der Waals surface area contributed by atoms with Crippen molar-refractivity contribution in [3.8, 4) is 0 Å². The second kappa shape index (κ2) is 5.39. The van der Waals surface area contributed by atoms with Crippen LogP contribution in [0.4, 0.5) is 5.69 Å². The number of nitrogens with one attached hydrogen (secondary N) is 1. The van der Waals surface area contributed by atoms with Crippen LogP contribution in [0.3, 0.4) is 0 Å². The maximum atomic E-state index is 10.9. The molecule has 1 heterocycles. The molecule has 1 aromatic heterocycles. The molecular formula is C17H18N2O2S. The van der Waals surface area contributed by atoms with E-state index in [0.29, 0.717) is 5.92 Å². The van der Waals surface area contributed by atoms with Gasteiger partial charge in [-0.05, 0) is 42.9 Å². The number of carboxylic acid groups (broad SMARTS) is 1. The SMILES string of the molecule is O=C(O)[C@@H]1C[C@H]1c1ccc(NCc2nc(C3CC3)cs2)cc1. The minimum atomic E-state index is -0.678. The van der Waals surface area contributed by atoms with Gasteiger partial charge in [0.1, 0.15) is 5.01 Å². The van der Waals surface area contributed by atoms with Crippen molar-refractivity contribution >= 4 is 23.0 Å². The first-order chi connectivity index (χ1) is 10.7. The van der Waals surface area contributed by atoms with E-state index >= 15 is 0 Å². The van der Waals surface area contributed by atoms with Crippen LogP contribution in [0.25, 0.3) is 0 Å². The summed E-state index contributed by atoms with van der Waals surface area (Å²) in [5.74, 6) is 0.0500. The molecule has 4 nitrogen and oxygen atoms in total. The zero-order valence-electron chi connectivity index (χ0n) is 12.2. The first-order valence-corrected chi connectivity index (χ1v) is 8.59. The van der Waals surface area contributed by atoms with Crippen LogP contribution in [-0.2, 0) is 11.3 Å². The molecule has 2 fully saturated rings. The highest BCUT2D eigenvalue weighted by Gasteiger charge is 2.43. The predicted molar refractivity (Wildman–Crippen MR) is 86.3 cm³/mol. The highest BCUT2D eigenvalue weighted by Crippen LogP contribution is 2.47. The number of aromatic nitrogens is 1. The number of rotatable bonds is 6. The van der Waals surface area contributed by atoms with Gasteiger partial charge in [-0.25, -0.2) is 4.98 Å². The number of hydrogen-bond acceptors (Lipinski definition) is 4. The van der Waals surface area contributed by atoms with E-state index in [-0.39, 0.29) is 11.8 Å². The van der Waals surface area contributed by atoms with Crippen molar-refractivity contribution in [2.45, 2.75) is 37.6 Å². The summed E-state index contributed by atoms with van der Waals surface area (Å²) in [7, 11) is 0. The Morgan fingerprint density at radius 2 is 2.09 bits per heavy atom. The molecular weight excluding hydrogens is 296 g/mol. The van der Waals surface area contributed by atoms with Gasteiger partial charge in [-0.15, -0.1) is 11.3 Å². The zero-order chi connectivity index (χ0) is 15.1. The van der Waals surface area contributed by atoms with Crippen LogP contribution >= 0.6 is 11.3 Å². The molecule has 2 atom stereocenters. The molecule has 4 rings (SSSR count). The van der Waals surface area contributed by atoms with Crippen LogP contribution in [0.1, 0.15) is 47.4 Å². The molecule has 2 N–H and O–H groups in total. The van der Waals surface area contributed by atoms with Crippen LogP contribution in [0, 0.1) is 5.92 Å². The first kappa shape index (κ1) is 13.8. The van der Waals surface area contributed by atoms with Crippen molar-refractivity contribution in [3.05, 3.63) is 45.9 Å². The van der Waals surface area contributed by atoms with E-state index < -0.39 is 5.97 Å². The van der Waals surface area contributed by atoms with Crippen molar-refractivity contribution in [2.75, 3.05) is 5.32 Å². The highest BCUT2D eigenvalue weighted by molar-refractivity contribution is 7.09. The lowest BCUT2D eigenvalue weighted by molar-refractivity contribution is -0.138. The molecule has 0 amide bonds. The number of anilines is 1. The number of benzene rings is 1. The largest absolute Gasteiger partial charge is 0.481 e. The van der Waals surface area contributed by atoms with E-state index in [1.165, 1.54) is 18.5 Å². The van der Waals surface area contributed by atoms with Gasteiger partial charge in [-0.3, -0.25) is 4.79 Å². The highest BCUT2D eigenvalue weighted by atomic mass is 32.1. The summed E-state index contributed by atoms with van der Waals surface area (Å²) in [4.78, 5) is 15.6. The molecule has 0 aliphatic heterocycles. The number of nitrogens with zero attached hydrogens (tertiary/aromatic N) is 1. The molecule has 0 spiro atoms. The third-order valence-electron chi connectivity index (χ3n) is 4.46. The Morgan fingerprint density at radius 1 is 1.32 bits per heavy atom. The van der Waals surface area contributed by atoms with E-state index in [4.69, 9.17) is 5.11 Å². The van der Waals surface area contributed by atoms with Gasteiger partial charge in [0.2, 0.25) is 0 Å². The van der Waals surface area contributed by atoms with E-state index in [0.717, 1.165) is 29.2 Å². The molecule has 0 bridgehead atoms. The molecule has 2 saturated carbocycles. The molecule has 1 aromatic carbocycles. The van der Waals surface area contributed by atoms with Gasteiger partial charge in [0.25, 0.3) is 0 Å². The van der Waals surface area contributed by atoms with Crippen LogP contribution < -0.4 is 5.32 Å². The smallest absolute Gasteiger partial charge is 0.307 e. The Bertz CT molecular complexity index is 691. The fraction of sp³-hybridized carbons (Fsp3) is 0.412. The van der Waals surface area contributed by atoms with Crippen molar-refractivity contribution in [1.82, 2.24) is 4.98 Å². The lowest BCUT2D eigenvalue weighted by atomic mass is 10.1. The predicted octanol–water partition coefficient (Wildman–Crippen LogP) is 3.82. The third-order valence-corrected chi connectivity index (χ3v) is 5.32. The van der Waals surface area contributed by atoms with Gasteiger partial charge in [0, 0.05) is 17.0 Å². The number of carbonyl (C=O) groups is 1. The fourth-order valence-electron chi connectivity index (χ4n) is 2.84. The molecule has 2 aliphatic rings. The van der Waals surface area contributed by atoms with E-state index in [9.17, 15) is 4.79 Å². The Morgan fingerprint density at radius 3 is 2.73 bits per heavy atom. The van der Waals surface area contributed by atoms with Gasteiger partial charge in [0.15, 0.2) is 0 Å². The standard InChI is InChI=1S/C17H18N2O2S/c20-17(21)14-7-13(14)10-3-5-12(6-4-10)18-8-16-19-15(9-22-16)11-1-2-11/h3-6,9,11,13-14,18H,1-2,7-8H2,(H,20,21)/t13-,14+/m0/s1. The summed E-state index contributed by atoms with van der Waals surface area (Å²) >= 11 is 1.72.